The van der Waals surface area contributed by atoms with E-state index in [1.54, 1.807) is 6.07 Å². The third-order valence-electron chi connectivity index (χ3n) is 3.23. The van der Waals surface area contributed by atoms with Crippen molar-refractivity contribution in [2.45, 2.75) is 37.5 Å². The molecule has 0 spiro atoms. The molecule has 2 aromatic carbocycles. The summed E-state index contributed by atoms with van der Waals surface area (Å²) in [4.78, 5) is -0.161. The van der Waals surface area contributed by atoms with Crippen LogP contribution in [0.2, 0.25) is 0 Å². The van der Waals surface area contributed by atoms with Gasteiger partial charge in [0.2, 0.25) is 0 Å². The van der Waals surface area contributed by atoms with Gasteiger partial charge in [-0.3, -0.25) is 0 Å². The molecule has 2 rings (SSSR count). The topological polar surface area (TPSA) is 57.2 Å². The summed E-state index contributed by atoms with van der Waals surface area (Å²) in [5.74, 6) is 0. The standard InChI is InChI=1S/C15H18O3S.Na/c1-2-3-4-5-12-6-7-13-8-9-15(19(16,17)18)11-14(13)10-12;/h6-11H,2-5H2,1H3,(H,16,17,18);/q;+1/p-1. The van der Waals surface area contributed by atoms with Crippen LogP contribution in [0.3, 0.4) is 0 Å². The summed E-state index contributed by atoms with van der Waals surface area (Å²) in [6.07, 6.45) is 4.47. The second-order valence-electron chi connectivity index (χ2n) is 4.75. The molecule has 0 radical (unpaired) electrons. The molecule has 0 unspecified atom stereocenters. The van der Waals surface area contributed by atoms with Crippen LogP contribution in [-0.4, -0.2) is 13.0 Å². The molecule has 0 bridgehead atoms. The molecule has 0 aliphatic carbocycles. The van der Waals surface area contributed by atoms with Gasteiger partial charge in [0.05, 0.1) is 4.90 Å². The number of unbranched alkanes of at least 4 members (excludes halogenated alkanes) is 2. The number of hydrogen-bond donors (Lipinski definition) is 0. The minimum Gasteiger partial charge on any atom is -0.744 e. The van der Waals surface area contributed by atoms with Crippen LogP contribution in [0.5, 0.6) is 0 Å². The molecule has 0 aromatic heterocycles. The van der Waals surface area contributed by atoms with E-state index < -0.39 is 10.1 Å². The van der Waals surface area contributed by atoms with Gasteiger partial charge in [-0.15, -0.1) is 0 Å². The average molecular weight is 300 g/mol. The maximum atomic E-state index is 11.0. The van der Waals surface area contributed by atoms with Crippen LogP contribution < -0.4 is 29.6 Å². The number of aryl methyl sites for hydroxylation is 1. The van der Waals surface area contributed by atoms with E-state index in [9.17, 15) is 13.0 Å². The van der Waals surface area contributed by atoms with Crippen LogP contribution >= 0.6 is 0 Å². The largest absolute Gasteiger partial charge is 1.00 e. The van der Waals surface area contributed by atoms with Gasteiger partial charge < -0.3 is 4.55 Å². The van der Waals surface area contributed by atoms with Crippen molar-refractivity contribution in [3.63, 3.8) is 0 Å². The summed E-state index contributed by atoms with van der Waals surface area (Å²) in [5.41, 5.74) is 1.18. The Bertz CT molecular complexity index is 681. The van der Waals surface area contributed by atoms with Crippen molar-refractivity contribution in [1.29, 1.82) is 0 Å². The second-order valence-corrected chi connectivity index (χ2v) is 6.13. The zero-order valence-electron chi connectivity index (χ0n) is 11.9. The van der Waals surface area contributed by atoms with Gasteiger partial charge in [0.1, 0.15) is 10.1 Å². The first-order chi connectivity index (χ1) is 9.00. The summed E-state index contributed by atoms with van der Waals surface area (Å²) >= 11 is 0. The van der Waals surface area contributed by atoms with Crippen molar-refractivity contribution in [3.8, 4) is 0 Å². The Morgan fingerprint density at radius 1 is 1.00 bits per heavy atom. The van der Waals surface area contributed by atoms with E-state index in [0.717, 1.165) is 23.6 Å². The van der Waals surface area contributed by atoms with Crippen molar-refractivity contribution < 1.29 is 42.5 Å². The first kappa shape index (κ1) is 17.7. The Morgan fingerprint density at radius 3 is 2.35 bits per heavy atom. The minimum atomic E-state index is -4.38. The molecule has 0 atom stereocenters. The summed E-state index contributed by atoms with van der Waals surface area (Å²) in [5, 5.41) is 1.76. The zero-order valence-corrected chi connectivity index (χ0v) is 14.7. The Hall–Kier alpha value is -0.390. The average Bonchev–Trinajstić information content (AvgIpc) is 2.37. The molecule has 5 heteroatoms. The first-order valence-corrected chi connectivity index (χ1v) is 7.90. The van der Waals surface area contributed by atoms with E-state index in [0.29, 0.717) is 0 Å². The Morgan fingerprint density at radius 2 is 1.70 bits per heavy atom. The molecule has 102 valence electrons. The van der Waals surface area contributed by atoms with Crippen LogP contribution in [0.1, 0.15) is 31.7 Å². The second kappa shape index (κ2) is 7.57. The molecule has 0 heterocycles. The number of hydrogen-bond acceptors (Lipinski definition) is 3. The van der Waals surface area contributed by atoms with Gasteiger partial charge in [-0.25, -0.2) is 8.42 Å². The van der Waals surface area contributed by atoms with Crippen molar-refractivity contribution >= 4 is 20.9 Å². The Balaban J connectivity index is 0.00000200. The van der Waals surface area contributed by atoms with E-state index in [4.69, 9.17) is 0 Å². The maximum Gasteiger partial charge on any atom is 1.00 e. The molecule has 2 aromatic rings. The molecular formula is C15H17NaO3S. The van der Waals surface area contributed by atoms with E-state index in [1.165, 1.54) is 30.5 Å². The molecule has 0 N–H and O–H groups in total. The summed E-state index contributed by atoms with van der Waals surface area (Å²) in [6, 6.07) is 10.5. The predicted octanol–water partition coefficient (Wildman–Crippen LogP) is 0.481. The van der Waals surface area contributed by atoms with Gasteiger partial charge in [-0.2, -0.15) is 0 Å². The smallest absolute Gasteiger partial charge is 0.744 e. The van der Waals surface area contributed by atoms with Crippen LogP contribution in [-0.2, 0) is 16.5 Å². The molecule has 0 saturated heterocycles. The predicted molar refractivity (Wildman–Crippen MR) is 75.1 cm³/mol. The van der Waals surface area contributed by atoms with Crippen molar-refractivity contribution in [2.24, 2.45) is 0 Å². The first-order valence-electron chi connectivity index (χ1n) is 6.49. The maximum absolute atomic E-state index is 11.0. The van der Waals surface area contributed by atoms with E-state index in [-0.39, 0.29) is 34.5 Å². The van der Waals surface area contributed by atoms with E-state index >= 15 is 0 Å². The fraction of sp³-hybridized carbons (Fsp3) is 0.333. The molecule has 0 saturated carbocycles. The molecule has 0 amide bonds. The molecule has 0 aliphatic rings. The third-order valence-corrected chi connectivity index (χ3v) is 4.07. The van der Waals surface area contributed by atoms with Crippen molar-refractivity contribution in [3.05, 3.63) is 42.0 Å². The van der Waals surface area contributed by atoms with Crippen LogP contribution in [0.15, 0.2) is 41.3 Å². The molecule has 0 aliphatic heterocycles. The fourth-order valence-corrected chi connectivity index (χ4v) is 2.67. The molecule has 20 heavy (non-hydrogen) atoms. The van der Waals surface area contributed by atoms with Gasteiger partial charge in [-0.05, 0) is 41.3 Å². The number of rotatable bonds is 5. The van der Waals surface area contributed by atoms with Crippen LogP contribution in [0.25, 0.3) is 10.8 Å². The van der Waals surface area contributed by atoms with Gasteiger partial charge in [0.25, 0.3) is 0 Å². The SMILES string of the molecule is CCCCCc1ccc2ccc(S(=O)(=O)[O-])cc2c1.[Na+]. The molecule has 3 nitrogen and oxygen atoms in total. The zero-order chi connectivity index (χ0) is 13.9. The van der Waals surface area contributed by atoms with Crippen molar-refractivity contribution in [2.75, 3.05) is 0 Å². The summed E-state index contributed by atoms with van der Waals surface area (Å²) < 4.78 is 33.1. The Labute approximate surface area is 142 Å². The van der Waals surface area contributed by atoms with Gasteiger partial charge >= 0.3 is 29.6 Å². The van der Waals surface area contributed by atoms with E-state index in [2.05, 4.69) is 13.0 Å². The van der Waals surface area contributed by atoms with Gasteiger partial charge in [0.15, 0.2) is 0 Å². The van der Waals surface area contributed by atoms with Crippen molar-refractivity contribution in [1.82, 2.24) is 0 Å². The van der Waals surface area contributed by atoms with Crippen LogP contribution in [0.4, 0.5) is 0 Å². The van der Waals surface area contributed by atoms with Crippen LogP contribution in [0, 0.1) is 0 Å². The Kier molecular flexibility index (Phi) is 6.69. The minimum absolute atomic E-state index is 0. The number of fused-ring (bicyclic) bond motifs is 1. The monoisotopic (exact) mass is 300 g/mol. The normalized spacial score (nSPS) is 11.3. The van der Waals surface area contributed by atoms with E-state index in [1.807, 2.05) is 12.1 Å². The quantitative estimate of drug-likeness (QED) is 0.458. The third kappa shape index (κ3) is 4.57. The van der Waals surface area contributed by atoms with Gasteiger partial charge in [-0.1, -0.05) is 44.0 Å². The fourth-order valence-electron chi connectivity index (χ4n) is 2.16. The molecular weight excluding hydrogens is 283 g/mol. The summed E-state index contributed by atoms with van der Waals surface area (Å²) in [6.45, 7) is 2.16. The summed E-state index contributed by atoms with van der Waals surface area (Å²) in [7, 11) is -4.38. The number of benzene rings is 2. The molecule has 0 fully saturated rings. The van der Waals surface area contributed by atoms with Gasteiger partial charge in [0, 0.05) is 0 Å².